The Kier molecular flexibility index (Phi) is 5.91. The van der Waals surface area contributed by atoms with Crippen molar-refractivity contribution in [3.8, 4) is 0 Å². The second-order valence-electron chi connectivity index (χ2n) is 4.23. The summed E-state index contributed by atoms with van der Waals surface area (Å²) in [6.45, 7) is 2.05. The second kappa shape index (κ2) is 7.48. The first-order valence-corrected chi connectivity index (χ1v) is 6.24. The number of hydrogen-bond donors (Lipinski definition) is 2. The molecule has 18 heavy (non-hydrogen) atoms. The van der Waals surface area contributed by atoms with Gasteiger partial charge in [0.1, 0.15) is 6.04 Å². The molecule has 1 rings (SSSR count). The van der Waals surface area contributed by atoms with Crippen molar-refractivity contribution in [1.82, 2.24) is 5.32 Å². The largest absolute Gasteiger partial charge is 0.480 e. The first kappa shape index (κ1) is 14.2. The average molecular weight is 249 g/mol. The van der Waals surface area contributed by atoms with Gasteiger partial charge in [-0.25, -0.2) is 4.79 Å². The topological polar surface area (TPSA) is 66.4 Å². The summed E-state index contributed by atoms with van der Waals surface area (Å²) in [6.07, 6.45) is 3.29. The Morgan fingerprint density at radius 1 is 1.22 bits per heavy atom. The van der Waals surface area contributed by atoms with Crippen molar-refractivity contribution >= 4 is 11.9 Å². The zero-order chi connectivity index (χ0) is 13.4. The second-order valence-corrected chi connectivity index (χ2v) is 4.23. The molecule has 0 spiro atoms. The Morgan fingerprint density at radius 2 is 1.89 bits per heavy atom. The van der Waals surface area contributed by atoms with Crippen LogP contribution in [-0.4, -0.2) is 23.0 Å². The summed E-state index contributed by atoms with van der Waals surface area (Å²) in [6, 6.07) is 7.85. The fraction of sp³-hybridized carbons (Fsp3) is 0.429. The van der Waals surface area contributed by atoms with Gasteiger partial charge in [0.15, 0.2) is 0 Å². The molecule has 0 aromatic heterocycles. The van der Waals surface area contributed by atoms with Crippen LogP contribution >= 0.6 is 0 Å². The number of amides is 1. The minimum atomic E-state index is -0.976. The molecule has 1 aromatic rings. The molecule has 1 aromatic carbocycles. The quantitative estimate of drug-likeness (QED) is 0.729. The highest BCUT2D eigenvalue weighted by molar-refractivity contribution is 5.96. The van der Waals surface area contributed by atoms with Gasteiger partial charge in [0.25, 0.3) is 5.91 Å². The molecule has 0 aliphatic carbocycles. The van der Waals surface area contributed by atoms with Gasteiger partial charge in [0.2, 0.25) is 0 Å². The molecular formula is C14H19NO3. The highest BCUT2D eigenvalue weighted by Crippen LogP contribution is 2.05. The summed E-state index contributed by atoms with van der Waals surface area (Å²) in [5.41, 5.74) is 0.485. The number of unbranched alkanes of at least 4 members (excludes halogenated alkanes) is 2. The van der Waals surface area contributed by atoms with Crippen LogP contribution in [0.3, 0.4) is 0 Å². The Bertz CT molecular complexity index is 389. The summed E-state index contributed by atoms with van der Waals surface area (Å²) in [7, 11) is 0. The first-order valence-electron chi connectivity index (χ1n) is 6.24. The van der Waals surface area contributed by atoms with E-state index in [-0.39, 0.29) is 5.91 Å². The minimum Gasteiger partial charge on any atom is -0.480 e. The third-order valence-corrected chi connectivity index (χ3v) is 2.74. The van der Waals surface area contributed by atoms with E-state index in [1.807, 2.05) is 6.07 Å². The van der Waals surface area contributed by atoms with Gasteiger partial charge in [0, 0.05) is 5.56 Å². The van der Waals surface area contributed by atoms with Crippen LogP contribution in [0.25, 0.3) is 0 Å². The van der Waals surface area contributed by atoms with Crippen molar-refractivity contribution in [3.63, 3.8) is 0 Å². The summed E-state index contributed by atoms with van der Waals surface area (Å²) in [5.74, 6) is -1.31. The Balaban J connectivity index is 2.55. The van der Waals surface area contributed by atoms with Crippen molar-refractivity contribution in [2.45, 2.75) is 38.6 Å². The molecule has 0 unspecified atom stereocenters. The van der Waals surface area contributed by atoms with Crippen LogP contribution in [0.15, 0.2) is 30.3 Å². The molecule has 0 heterocycles. The number of hydrogen-bond acceptors (Lipinski definition) is 2. The highest BCUT2D eigenvalue weighted by Gasteiger charge is 2.19. The van der Waals surface area contributed by atoms with Crippen molar-refractivity contribution in [1.29, 1.82) is 0 Å². The Hall–Kier alpha value is -1.84. The molecule has 0 aliphatic rings. The third kappa shape index (κ3) is 4.57. The number of aliphatic carboxylic acids is 1. The fourth-order valence-electron chi connectivity index (χ4n) is 1.69. The first-order chi connectivity index (χ1) is 8.65. The van der Waals surface area contributed by atoms with Crippen molar-refractivity contribution < 1.29 is 14.7 Å². The lowest BCUT2D eigenvalue weighted by Crippen LogP contribution is -2.40. The van der Waals surface area contributed by atoms with Crippen LogP contribution in [-0.2, 0) is 4.79 Å². The maximum atomic E-state index is 11.8. The summed E-state index contributed by atoms with van der Waals surface area (Å²) >= 11 is 0. The SMILES string of the molecule is CCCCC[C@@H](NC(=O)c1ccccc1)C(=O)O. The van der Waals surface area contributed by atoms with E-state index in [9.17, 15) is 9.59 Å². The van der Waals surface area contributed by atoms with E-state index in [0.717, 1.165) is 19.3 Å². The number of benzene rings is 1. The molecular weight excluding hydrogens is 230 g/mol. The van der Waals surface area contributed by atoms with Crippen LogP contribution in [0.4, 0.5) is 0 Å². The summed E-state index contributed by atoms with van der Waals surface area (Å²) in [5, 5.41) is 11.6. The van der Waals surface area contributed by atoms with E-state index >= 15 is 0 Å². The molecule has 4 heteroatoms. The molecule has 0 saturated carbocycles. The number of carbonyl (C=O) groups is 2. The van der Waals surface area contributed by atoms with Gasteiger partial charge in [-0.15, -0.1) is 0 Å². The van der Waals surface area contributed by atoms with Crippen molar-refractivity contribution in [2.24, 2.45) is 0 Å². The maximum absolute atomic E-state index is 11.8. The molecule has 0 aliphatic heterocycles. The molecule has 1 amide bonds. The standard InChI is InChI=1S/C14H19NO3/c1-2-3-5-10-12(14(17)18)15-13(16)11-8-6-4-7-9-11/h4,6-9,12H,2-3,5,10H2,1H3,(H,15,16)(H,17,18)/t12-/m1/s1. The number of carbonyl (C=O) groups excluding carboxylic acids is 1. The van der Waals surface area contributed by atoms with Gasteiger partial charge >= 0.3 is 5.97 Å². The van der Waals surface area contributed by atoms with Gasteiger partial charge in [-0.1, -0.05) is 44.4 Å². The lowest BCUT2D eigenvalue weighted by atomic mass is 10.1. The van der Waals surface area contributed by atoms with Gasteiger partial charge < -0.3 is 10.4 Å². The smallest absolute Gasteiger partial charge is 0.326 e. The van der Waals surface area contributed by atoms with Crippen molar-refractivity contribution in [2.75, 3.05) is 0 Å². The van der Waals surface area contributed by atoms with E-state index in [1.165, 1.54) is 0 Å². The number of carboxylic acids is 1. The number of rotatable bonds is 7. The molecule has 1 atom stereocenters. The normalized spacial score (nSPS) is 11.8. The van der Waals surface area contributed by atoms with Gasteiger partial charge in [0.05, 0.1) is 0 Å². The van der Waals surface area contributed by atoms with Crippen LogP contribution in [0.5, 0.6) is 0 Å². The zero-order valence-electron chi connectivity index (χ0n) is 10.6. The zero-order valence-corrected chi connectivity index (χ0v) is 10.6. The number of carboxylic acid groups (broad SMARTS) is 1. The fourth-order valence-corrected chi connectivity index (χ4v) is 1.69. The predicted octanol–water partition coefficient (Wildman–Crippen LogP) is 2.45. The highest BCUT2D eigenvalue weighted by atomic mass is 16.4. The number of nitrogens with one attached hydrogen (secondary N) is 1. The van der Waals surface area contributed by atoms with E-state index in [0.29, 0.717) is 12.0 Å². The lowest BCUT2D eigenvalue weighted by molar-refractivity contribution is -0.139. The molecule has 0 radical (unpaired) electrons. The van der Waals surface area contributed by atoms with Crippen LogP contribution < -0.4 is 5.32 Å². The Labute approximate surface area is 107 Å². The van der Waals surface area contributed by atoms with Crippen molar-refractivity contribution in [3.05, 3.63) is 35.9 Å². The summed E-state index contributed by atoms with van der Waals surface area (Å²) < 4.78 is 0. The van der Waals surface area contributed by atoms with Gasteiger partial charge in [-0.05, 0) is 18.6 Å². The molecule has 0 bridgehead atoms. The summed E-state index contributed by atoms with van der Waals surface area (Å²) in [4.78, 5) is 22.9. The average Bonchev–Trinajstić information content (AvgIpc) is 2.38. The van der Waals surface area contributed by atoms with E-state index in [1.54, 1.807) is 24.3 Å². The van der Waals surface area contributed by atoms with E-state index < -0.39 is 12.0 Å². The van der Waals surface area contributed by atoms with Gasteiger partial charge in [-0.2, -0.15) is 0 Å². The minimum absolute atomic E-state index is 0.334. The molecule has 4 nitrogen and oxygen atoms in total. The van der Waals surface area contributed by atoms with Crippen LogP contribution in [0.1, 0.15) is 43.0 Å². The molecule has 0 saturated heterocycles. The third-order valence-electron chi connectivity index (χ3n) is 2.74. The molecule has 2 N–H and O–H groups in total. The predicted molar refractivity (Wildman–Crippen MR) is 69.5 cm³/mol. The van der Waals surface area contributed by atoms with Crippen LogP contribution in [0.2, 0.25) is 0 Å². The maximum Gasteiger partial charge on any atom is 0.326 e. The molecule has 0 fully saturated rings. The van der Waals surface area contributed by atoms with Crippen LogP contribution in [0, 0.1) is 0 Å². The van der Waals surface area contributed by atoms with Gasteiger partial charge in [-0.3, -0.25) is 4.79 Å². The van der Waals surface area contributed by atoms with E-state index in [4.69, 9.17) is 5.11 Å². The molecule has 98 valence electrons. The Morgan fingerprint density at radius 3 is 2.44 bits per heavy atom. The monoisotopic (exact) mass is 249 g/mol. The lowest BCUT2D eigenvalue weighted by Gasteiger charge is -2.14. The van der Waals surface area contributed by atoms with E-state index in [2.05, 4.69) is 12.2 Å².